The summed E-state index contributed by atoms with van der Waals surface area (Å²) in [5, 5.41) is 6.21. The molecule has 5 nitrogen and oxygen atoms in total. The fourth-order valence-corrected chi connectivity index (χ4v) is 2.96. The lowest BCUT2D eigenvalue weighted by Crippen LogP contribution is -2.27. The molecule has 1 aliphatic heterocycles. The molecule has 0 N–H and O–H groups in total. The van der Waals surface area contributed by atoms with Gasteiger partial charge in [-0.1, -0.05) is 24.3 Å². The second-order valence-corrected chi connectivity index (χ2v) is 5.80. The molecule has 0 saturated carbocycles. The average Bonchev–Trinajstić information content (AvgIpc) is 3.15. The molecular weight excluding hydrogens is 312 g/mol. The Bertz CT molecular complexity index is 895. The molecule has 0 bridgehead atoms. The third kappa shape index (κ3) is 3.04. The van der Waals surface area contributed by atoms with E-state index in [0.29, 0.717) is 12.0 Å². The quantitative estimate of drug-likeness (QED) is 0.740. The highest BCUT2D eigenvalue weighted by Gasteiger charge is 2.33. The molecule has 0 radical (unpaired) electrons. The fourth-order valence-electron chi connectivity index (χ4n) is 2.96. The molecule has 0 aliphatic carbocycles. The van der Waals surface area contributed by atoms with Gasteiger partial charge >= 0.3 is 0 Å². The molecular formula is C20H16N4O. The zero-order valence-corrected chi connectivity index (χ0v) is 13.5. The van der Waals surface area contributed by atoms with E-state index >= 15 is 0 Å². The molecule has 1 amide bonds. The van der Waals surface area contributed by atoms with Crippen LogP contribution < -0.4 is 0 Å². The van der Waals surface area contributed by atoms with Crippen LogP contribution in [0, 0.1) is 0 Å². The van der Waals surface area contributed by atoms with Crippen molar-refractivity contribution < 1.29 is 4.79 Å². The van der Waals surface area contributed by atoms with Crippen molar-refractivity contribution in [1.82, 2.24) is 15.0 Å². The Morgan fingerprint density at radius 2 is 1.72 bits per heavy atom. The largest absolute Gasteiger partial charge is 0.274 e. The third-order valence-electron chi connectivity index (χ3n) is 4.22. The van der Waals surface area contributed by atoms with Crippen LogP contribution in [0.15, 0.2) is 84.5 Å². The molecule has 1 unspecified atom stereocenters. The van der Waals surface area contributed by atoms with Gasteiger partial charge in [0.15, 0.2) is 0 Å². The van der Waals surface area contributed by atoms with E-state index in [1.54, 1.807) is 29.8 Å². The summed E-state index contributed by atoms with van der Waals surface area (Å²) in [6, 6.07) is 16.8. The van der Waals surface area contributed by atoms with Crippen molar-refractivity contribution >= 4 is 11.6 Å². The molecule has 25 heavy (non-hydrogen) atoms. The molecule has 2 aromatic heterocycles. The van der Waals surface area contributed by atoms with Gasteiger partial charge < -0.3 is 0 Å². The van der Waals surface area contributed by atoms with Crippen LogP contribution in [0.2, 0.25) is 0 Å². The first-order valence-electron chi connectivity index (χ1n) is 8.09. The van der Waals surface area contributed by atoms with E-state index in [4.69, 9.17) is 0 Å². The summed E-state index contributed by atoms with van der Waals surface area (Å²) in [4.78, 5) is 21.2. The van der Waals surface area contributed by atoms with Gasteiger partial charge in [0.05, 0.1) is 11.8 Å². The van der Waals surface area contributed by atoms with Crippen LogP contribution in [0.3, 0.4) is 0 Å². The van der Waals surface area contributed by atoms with Crippen LogP contribution in [0.4, 0.5) is 0 Å². The van der Waals surface area contributed by atoms with E-state index in [-0.39, 0.29) is 11.9 Å². The van der Waals surface area contributed by atoms with Crippen LogP contribution >= 0.6 is 0 Å². The standard InChI is InChI=1S/C20H16N4O/c25-20(16-5-2-1-3-6-16)24-19(15-8-11-21-12-9-15)13-18(23-24)17-7-4-10-22-14-17/h1-12,14,19H,13H2. The second-order valence-electron chi connectivity index (χ2n) is 5.80. The molecule has 0 fully saturated rings. The summed E-state index contributed by atoms with van der Waals surface area (Å²) in [6.45, 7) is 0. The molecule has 1 atom stereocenters. The Morgan fingerprint density at radius 1 is 0.920 bits per heavy atom. The van der Waals surface area contributed by atoms with Gasteiger partial charge in [-0.15, -0.1) is 0 Å². The molecule has 3 aromatic rings. The maximum atomic E-state index is 13.0. The summed E-state index contributed by atoms with van der Waals surface area (Å²) in [6.07, 6.45) is 7.63. The number of hydrogen-bond donors (Lipinski definition) is 0. The van der Waals surface area contributed by atoms with Crippen LogP contribution in [-0.4, -0.2) is 26.6 Å². The van der Waals surface area contributed by atoms with Crippen molar-refractivity contribution in [3.05, 3.63) is 96.1 Å². The fraction of sp³-hybridized carbons (Fsp3) is 0.100. The van der Waals surface area contributed by atoms with E-state index in [1.165, 1.54) is 0 Å². The molecule has 122 valence electrons. The van der Waals surface area contributed by atoms with E-state index < -0.39 is 0 Å². The lowest BCUT2D eigenvalue weighted by atomic mass is 10.00. The SMILES string of the molecule is O=C(c1ccccc1)N1N=C(c2cccnc2)CC1c1ccncc1. The van der Waals surface area contributed by atoms with Gasteiger partial charge in [-0.25, -0.2) is 5.01 Å². The summed E-state index contributed by atoms with van der Waals surface area (Å²) < 4.78 is 0. The third-order valence-corrected chi connectivity index (χ3v) is 4.22. The van der Waals surface area contributed by atoms with Gasteiger partial charge in [-0.05, 0) is 35.9 Å². The first-order valence-corrected chi connectivity index (χ1v) is 8.09. The number of rotatable bonds is 3. The lowest BCUT2D eigenvalue weighted by Gasteiger charge is -2.22. The number of hydrazone groups is 1. The first kappa shape index (κ1) is 15.2. The van der Waals surface area contributed by atoms with Crippen molar-refractivity contribution in [2.24, 2.45) is 5.10 Å². The lowest BCUT2D eigenvalue weighted by molar-refractivity contribution is 0.0711. The number of hydrogen-bond acceptors (Lipinski definition) is 4. The number of carbonyl (C=O) groups excluding carboxylic acids is 1. The van der Waals surface area contributed by atoms with Crippen LogP contribution in [0.25, 0.3) is 0 Å². The van der Waals surface area contributed by atoms with Crippen molar-refractivity contribution in [1.29, 1.82) is 0 Å². The van der Waals surface area contributed by atoms with Crippen LogP contribution in [0.1, 0.15) is 33.9 Å². The van der Waals surface area contributed by atoms with Crippen molar-refractivity contribution in [3.63, 3.8) is 0 Å². The summed E-state index contributed by atoms with van der Waals surface area (Å²) in [5.41, 5.74) is 3.43. The topological polar surface area (TPSA) is 58.5 Å². The zero-order chi connectivity index (χ0) is 17.1. The van der Waals surface area contributed by atoms with Crippen molar-refractivity contribution in [3.8, 4) is 0 Å². The highest BCUT2D eigenvalue weighted by atomic mass is 16.2. The summed E-state index contributed by atoms with van der Waals surface area (Å²) in [5.74, 6) is -0.110. The number of amides is 1. The normalized spacial score (nSPS) is 16.6. The molecule has 0 saturated heterocycles. The molecule has 0 spiro atoms. The molecule has 4 rings (SSSR count). The molecule has 1 aromatic carbocycles. The van der Waals surface area contributed by atoms with Crippen LogP contribution in [0.5, 0.6) is 0 Å². The minimum Gasteiger partial charge on any atom is -0.267 e. The average molecular weight is 328 g/mol. The maximum Gasteiger partial charge on any atom is 0.274 e. The number of nitrogens with zero attached hydrogens (tertiary/aromatic N) is 4. The van der Waals surface area contributed by atoms with Gasteiger partial charge in [0, 0.05) is 42.3 Å². The smallest absolute Gasteiger partial charge is 0.267 e. The summed E-state index contributed by atoms with van der Waals surface area (Å²) in [7, 11) is 0. The number of aromatic nitrogens is 2. The van der Waals surface area contributed by atoms with E-state index in [9.17, 15) is 4.79 Å². The molecule has 3 heterocycles. The highest BCUT2D eigenvalue weighted by molar-refractivity contribution is 6.04. The second kappa shape index (κ2) is 6.65. The Hall–Kier alpha value is -3.34. The van der Waals surface area contributed by atoms with Crippen LogP contribution in [-0.2, 0) is 0 Å². The predicted molar refractivity (Wildman–Crippen MR) is 95.0 cm³/mol. The minimum absolute atomic E-state index is 0.110. The number of carbonyl (C=O) groups is 1. The van der Waals surface area contributed by atoms with Gasteiger partial charge in [0.25, 0.3) is 5.91 Å². The van der Waals surface area contributed by atoms with E-state index in [2.05, 4.69) is 15.1 Å². The predicted octanol–water partition coefficient (Wildman–Crippen LogP) is 3.47. The minimum atomic E-state index is -0.147. The summed E-state index contributed by atoms with van der Waals surface area (Å²) >= 11 is 0. The molecule has 1 aliphatic rings. The Balaban J connectivity index is 1.73. The monoisotopic (exact) mass is 328 g/mol. The number of benzene rings is 1. The zero-order valence-electron chi connectivity index (χ0n) is 13.5. The van der Waals surface area contributed by atoms with Gasteiger partial charge in [0.2, 0.25) is 0 Å². The Morgan fingerprint density at radius 3 is 2.44 bits per heavy atom. The van der Waals surface area contributed by atoms with E-state index in [1.807, 2.05) is 54.6 Å². The van der Waals surface area contributed by atoms with E-state index in [0.717, 1.165) is 16.8 Å². The first-order chi connectivity index (χ1) is 12.3. The Labute approximate surface area is 145 Å². The van der Waals surface area contributed by atoms with Crippen molar-refractivity contribution in [2.45, 2.75) is 12.5 Å². The number of pyridine rings is 2. The van der Waals surface area contributed by atoms with Gasteiger partial charge in [-0.3, -0.25) is 14.8 Å². The van der Waals surface area contributed by atoms with Gasteiger partial charge in [-0.2, -0.15) is 5.10 Å². The van der Waals surface area contributed by atoms with Crippen molar-refractivity contribution in [2.75, 3.05) is 0 Å². The molecule has 5 heteroatoms. The maximum absolute atomic E-state index is 13.0. The Kier molecular flexibility index (Phi) is 4.04. The highest BCUT2D eigenvalue weighted by Crippen LogP contribution is 2.33. The van der Waals surface area contributed by atoms with Gasteiger partial charge in [0.1, 0.15) is 0 Å².